The van der Waals surface area contributed by atoms with Crippen molar-refractivity contribution in [2.24, 2.45) is 39.6 Å². The highest BCUT2D eigenvalue weighted by Gasteiger charge is 2.58. The molecule has 3 saturated carbocycles. The van der Waals surface area contributed by atoms with Crippen molar-refractivity contribution in [3.8, 4) is 0 Å². The molecule has 4 aliphatic rings. The summed E-state index contributed by atoms with van der Waals surface area (Å²) in [5.74, 6) is 3.15. The third kappa shape index (κ3) is 2.98. The smallest absolute Gasteiger partial charge is 0.267 e. The van der Waals surface area contributed by atoms with Crippen LogP contribution in [0.15, 0.2) is 41.8 Å². The molecule has 0 spiro atoms. The van der Waals surface area contributed by atoms with Gasteiger partial charge < -0.3 is 0 Å². The molecule has 154 valence electrons. The lowest BCUT2D eigenvalue weighted by molar-refractivity contribution is -0.0761. The third-order valence-corrected chi connectivity index (χ3v) is 9.19. The number of carbonyl (C=O) groups excluding carboxylic acids is 1. The van der Waals surface area contributed by atoms with Crippen molar-refractivity contribution in [3.05, 3.63) is 42.2 Å². The lowest BCUT2D eigenvalue weighted by atomic mass is 9.46. The molecule has 4 aliphatic carbocycles. The minimum absolute atomic E-state index is 0.136. The van der Waals surface area contributed by atoms with Crippen molar-refractivity contribution >= 4 is 11.6 Å². The largest absolute Gasteiger partial charge is 0.271 e. The zero-order valence-electron chi connectivity index (χ0n) is 17.7. The number of aromatic nitrogens is 1. The molecule has 6 atom stereocenters. The van der Waals surface area contributed by atoms with Gasteiger partial charge in [-0.05, 0) is 92.6 Å². The van der Waals surface area contributed by atoms with E-state index in [-0.39, 0.29) is 11.3 Å². The summed E-state index contributed by atoms with van der Waals surface area (Å²) in [6, 6.07) is 3.47. The number of nitrogens with one attached hydrogen (secondary N) is 1. The zero-order valence-corrected chi connectivity index (χ0v) is 17.7. The fourth-order valence-electron chi connectivity index (χ4n) is 7.50. The van der Waals surface area contributed by atoms with Crippen LogP contribution in [-0.2, 0) is 0 Å². The van der Waals surface area contributed by atoms with Crippen molar-refractivity contribution in [3.63, 3.8) is 0 Å². The number of hydrazone groups is 1. The first kappa shape index (κ1) is 19.0. The third-order valence-electron chi connectivity index (χ3n) is 9.19. The molecule has 0 radical (unpaired) electrons. The average Bonchev–Trinajstić information content (AvgIpc) is 3.08. The van der Waals surface area contributed by atoms with Crippen LogP contribution >= 0.6 is 0 Å². The van der Waals surface area contributed by atoms with Gasteiger partial charge in [-0.25, -0.2) is 5.43 Å². The van der Waals surface area contributed by atoms with E-state index in [4.69, 9.17) is 0 Å². The molecular formula is C25H33N3O. The molecule has 4 heteroatoms. The molecule has 1 aromatic rings. The number of carbonyl (C=O) groups is 1. The predicted molar refractivity (Wildman–Crippen MR) is 115 cm³/mol. The van der Waals surface area contributed by atoms with E-state index in [0.29, 0.717) is 11.0 Å². The van der Waals surface area contributed by atoms with E-state index in [9.17, 15) is 4.79 Å². The fourth-order valence-corrected chi connectivity index (χ4v) is 7.50. The van der Waals surface area contributed by atoms with E-state index in [0.717, 1.165) is 30.1 Å². The molecule has 0 saturated heterocycles. The van der Waals surface area contributed by atoms with Crippen molar-refractivity contribution in [2.45, 2.75) is 65.2 Å². The molecule has 1 aromatic heterocycles. The van der Waals surface area contributed by atoms with E-state index in [1.165, 1.54) is 50.7 Å². The number of allylic oxidation sites excluding steroid dienone is 2. The monoisotopic (exact) mass is 391 g/mol. The number of rotatable bonds is 2. The number of amides is 1. The van der Waals surface area contributed by atoms with Crippen LogP contribution in [0.25, 0.3) is 0 Å². The topological polar surface area (TPSA) is 54.4 Å². The maximum atomic E-state index is 12.4. The molecule has 1 N–H and O–H groups in total. The maximum absolute atomic E-state index is 12.4. The lowest BCUT2D eigenvalue weighted by Gasteiger charge is -2.59. The van der Waals surface area contributed by atoms with Crippen LogP contribution < -0.4 is 5.43 Å². The van der Waals surface area contributed by atoms with Gasteiger partial charge in [-0.3, -0.25) is 9.78 Å². The van der Waals surface area contributed by atoms with Crippen LogP contribution in [0, 0.1) is 34.5 Å². The first-order valence-electron chi connectivity index (χ1n) is 11.4. The van der Waals surface area contributed by atoms with Crippen LogP contribution in [0.5, 0.6) is 0 Å². The highest BCUT2D eigenvalue weighted by Crippen LogP contribution is 2.64. The van der Waals surface area contributed by atoms with Gasteiger partial charge in [0.2, 0.25) is 0 Å². The Morgan fingerprint density at radius 3 is 2.76 bits per heavy atom. The highest BCUT2D eigenvalue weighted by molar-refractivity contribution is 5.97. The van der Waals surface area contributed by atoms with E-state index in [1.807, 2.05) is 0 Å². The van der Waals surface area contributed by atoms with Gasteiger partial charge in [0.15, 0.2) is 0 Å². The summed E-state index contributed by atoms with van der Waals surface area (Å²) in [6.45, 7) is 5.01. The van der Waals surface area contributed by atoms with Gasteiger partial charge in [0.05, 0.1) is 0 Å². The molecule has 3 fully saturated rings. The number of fused-ring (bicyclic) bond motifs is 5. The SMILES string of the molecule is C[C@]12CC=CC[C@H]1CC[C@H]1[C@H]2CC[C@@]2(C)/C(=N\NC(=O)c3ccncc3)CC[C@H]12. The Morgan fingerprint density at radius 1 is 1.10 bits per heavy atom. The van der Waals surface area contributed by atoms with Gasteiger partial charge in [0, 0.05) is 29.1 Å². The van der Waals surface area contributed by atoms with Crippen molar-refractivity contribution in [1.29, 1.82) is 0 Å². The summed E-state index contributed by atoms with van der Waals surface area (Å²) < 4.78 is 0. The van der Waals surface area contributed by atoms with Gasteiger partial charge in [-0.15, -0.1) is 0 Å². The highest BCUT2D eigenvalue weighted by atomic mass is 16.2. The Morgan fingerprint density at radius 2 is 1.93 bits per heavy atom. The average molecular weight is 392 g/mol. The van der Waals surface area contributed by atoms with Crippen LogP contribution in [0.1, 0.15) is 75.6 Å². The Labute approximate surface area is 174 Å². The van der Waals surface area contributed by atoms with E-state index < -0.39 is 0 Å². The van der Waals surface area contributed by atoms with Gasteiger partial charge in [-0.2, -0.15) is 5.10 Å². The Bertz CT molecular complexity index is 847. The molecule has 0 aromatic carbocycles. The van der Waals surface area contributed by atoms with E-state index in [2.05, 4.69) is 41.5 Å². The summed E-state index contributed by atoms with van der Waals surface area (Å²) in [5.41, 5.74) is 5.32. The second-order valence-corrected chi connectivity index (χ2v) is 10.3. The fraction of sp³-hybridized carbons (Fsp3) is 0.640. The maximum Gasteiger partial charge on any atom is 0.271 e. The Balaban J connectivity index is 1.35. The van der Waals surface area contributed by atoms with Crippen molar-refractivity contribution in [1.82, 2.24) is 10.4 Å². The van der Waals surface area contributed by atoms with Gasteiger partial charge in [0.25, 0.3) is 5.91 Å². The lowest BCUT2D eigenvalue weighted by Crippen LogP contribution is -2.52. The normalized spacial score (nSPS) is 42.1. The molecule has 0 unspecified atom stereocenters. The van der Waals surface area contributed by atoms with Crippen LogP contribution in [0.4, 0.5) is 0 Å². The summed E-state index contributed by atoms with van der Waals surface area (Å²) in [5, 5.41) is 4.68. The number of hydrogen-bond acceptors (Lipinski definition) is 3. The summed E-state index contributed by atoms with van der Waals surface area (Å²) in [6.07, 6.45) is 18.3. The van der Waals surface area contributed by atoms with Crippen LogP contribution in [0.3, 0.4) is 0 Å². The van der Waals surface area contributed by atoms with Crippen molar-refractivity contribution in [2.75, 3.05) is 0 Å². The van der Waals surface area contributed by atoms with Gasteiger partial charge >= 0.3 is 0 Å². The molecule has 0 aliphatic heterocycles. The molecule has 5 rings (SSSR count). The first-order valence-corrected chi connectivity index (χ1v) is 11.4. The molecule has 1 heterocycles. The quantitative estimate of drug-likeness (QED) is 0.544. The van der Waals surface area contributed by atoms with Gasteiger partial charge in [0.1, 0.15) is 0 Å². The molecule has 29 heavy (non-hydrogen) atoms. The summed E-state index contributed by atoms with van der Waals surface area (Å²) in [4.78, 5) is 16.4. The second-order valence-electron chi connectivity index (χ2n) is 10.3. The van der Waals surface area contributed by atoms with E-state index >= 15 is 0 Å². The minimum Gasteiger partial charge on any atom is -0.267 e. The second kappa shape index (κ2) is 7.07. The molecule has 1 amide bonds. The number of pyridine rings is 1. The molecule has 0 bridgehead atoms. The van der Waals surface area contributed by atoms with Gasteiger partial charge in [-0.1, -0.05) is 26.0 Å². The summed E-state index contributed by atoms with van der Waals surface area (Å²) >= 11 is 0. The molecule has 4 nitrogen and oxygen atoms in total. The zero-order chi connectivity index (χ0) is 20.1. The Hall–Kier alpha value is -1.97. The number of nitrogens with zero attached hydrogens (tertiary/aromatic N) is 2. The molecular weight excluding hydrogens is 358 g/mol. The minimum atomic E-state index is -0.136. The van der Waals surface area contributed by atoms with E-state index in [1.54, 1.807) is 24.5 Å². The van der Waals surface area contributed by atoms with Crippen molar-refractivity contribution < 1.29 is 4.79 Å². The first-order chi connectivity index (χ1) is 14.0. The Kier molecular flexibility index (Phi) is 4.64. The van der Waals surface area contributed by atoms with Crippen LogP contribution in [-0.4, -0.2) is 16.6 Å². The predicted octanol–water partition coefficient (Wildman–Crippen LogP) is 5.38. The summed E-state index contributed by atoms with van der Waals surface area (Å²) in [7, 11) is 0. The number of hydrogen-bond donors (Lipinski definition) is 1. The standard InChI is InChI=1S/C25H33N3O/c1-24-13-4-3-5-18(24)6-7-19-20-8-9-22(25(20,2)14-10-21(19)24)27-28-23(29)17-11-15-26-16-12-17/h3-4,11-12,15-16,18-21H,5-10,13-14H2,1-2H3,(H,28,29)/b27-22-/t18-,19+,20+,21+,24-,25+/m0/s1. The van der Waals surface area contributed by atoms with Crippen LogP contribution in [0.2, 0.25) is 0 Å².